The molecule has 0 nitrogen and oxygen atoms in total. The third-order valence-corrected chi connectivity index (χ3v) is 3.35. The van der Waals surface area contributed by atoms with Gasteiger partial charge < -0.3 is 0 Å². The third-order valence-electron chi connectivity index (χ3n) is 3.35. The van der Waals surface area contributed by atoms with Crippen LogP contribution in [0.2, 0.25) is 0 Å². The van der Waals surface area contributed by atoms with E-state index in [1.807, 2.05) is 36.4 Å². The zero-order chi connectivity index (χ0) is 14.5. The predicted molar refractivity (Wildman–Crippen MR) is 92.5 cm³/mol. The van der Waals surface area contributed by atoms with Crippen LogP contribution >= 0.6 is 0 Å². The van der Waals surface area contributed by atoms with E-state index in [0.29, 0.717) is 0 Å². The third kappa shape index (κ3) is 2.28. The Morgan fingerprint density at radius 3 is 2.30 bits per heavy atom. The smallest absolute Gasteiger partial charge is 0.00273 e. The second kappa shape index (κ2) is 6.03. The topological polar surface area (TPSA) is 0 Å². The van der Waals surface area contributed by atoms with Crippen molar-refractivity contribution in [2.45, 2.75) is 0 Å². The van der Waals surface area contributed by atoms with Crippen molar-refractivity contribution < 1.29 is 0 Å². The molecule has 98 valence electrons. The maximum absolute atomic E-state index is 3.95. The van der Waals surface area contributed by atoms with Gasteiger partial charge in [0, 0.05) is 0 Å². The Kier molecular flexibility index (Phi) is 4.17. The van der Waals surface area contributed by atoms with Crippen molar-refractivity contribution in [2.75, 3.05) is 0 Å². The van der Waals surface area contributed by atoms with E-state index in [-0.39, 0.29) is 0 Å². The number of hydrogen-bond acceptors (Lipinski definition) is 0. The molecule has 0 spiro atoms. The molecule has 0 aliphatic rings. The maximum Gasteiger partial charge on any atom is -0.00273 e. The molecule has 0 N–H and O–H groups in total. The predicted octanol–water partition coefficient (Wildman–Crippen LogP) is 5.88. The summed E-state index contributed by atoms with van der Waals surface area (Å²) >= 11 is 0. The molecule has 2 aromatic carbocycles. The van der Waals surface area contributed by atoms with E-state index in [0.717, 1.165) is 22.3 Å². The molecule has 0 fully saturated rings. The first-order valence-corrected chi connectivity index (χ1v) is 6.53. The van der Waals surface area contributed by atoms with E-state index >= 15 is 0 Å². The summed E-state index contributed by atoms with van der Waals surface area (Å²) in [6.07, 6.45) is 9.33. The molecule has 0 radical (unpaired) electrons. The van der Waals surface area contributed by atoms with Gasteiger partial charge in [-0.3, -0.25) is 0 Å². The van der Waals surface area contributed by atoms with Gasteiger partial charge in [-0.15, -0.1) is 0 Å². The highest BCUT2D eigenvalue weighted by atomic mass is 14.1. The Morgan fingerprint density at radius 1 is 0.950 bits per heavy atom. The first kappa shape index (κ1) is 13.8. The molecule has 0 heteroatoms. The van der Waals surface area contributed by atoms with Gasteiger partial charge in [-0.2, -0.15) is 0 Å². The van der Waals surface area contributed by atoms with E-state index in [4.69, 9.17) is 0 Å². The lowest BCUT2D eigenvalue weighted by molar-refractivity contribution is 1.60. The summed E-state index contributed by atoms with van der Waals surface area (Å²) in [4.78, 5) is 0. The molecule has 0 atom stereocenters. The van der Waals surface area contributed by atoms with Crippen LogP contribution in [-0.4, -0.2) is 0 Å². The zero-order valence-electron chi connectivity index (χ0n) is 11.6. The van der Waals surface area contributed by atoms with Crippen LogP contribution in [-0.2, 0) is 0 Å². The Labute approximate surface area is 120 Å². The van der Waals surface area contributed by atoms with Crippen LogP contribution in [0.5, 0.6) is 0 Å². The van der Waals surface area contributed by atoms with E-state index in [2.05, 4.69) is 44.5 Å². The van der Waals surface area contributed by atoms with Crippen LogP contribution in [0.15, 0.2) is 74.9 Å². The Balaban J connectivity index is 3.00. The highest BCUT2D eigenvalue weighted by Crippen LogP contribution is 2.33. The molecule has 0 bridgehead atoms. The lowest BCUT2D eigenvalue weighted by Gasteiger charge is -2.15. The SMILES string of the molecule is C=C/C=C(\C=C)c1c(C=C)c(C=C)cc2ccccc12. The minimum atomic E-state index is 1.04. The number of fused-ring (bicyclic) bond motifs is 1. The summed E-state index contributed by atoms with van der Waals surface area (Å²) < 4.78 is 0. The van der Waals surface area contributed by atoms with Gasteiger partial charge in [0.15, 0.2) is 0 Å². The lowest BCUT2D eigenvalue weighted by Crippen LogP contribution is -1.93. The summed E-state index contributed by atoms with van der Waals surface area (Å²) in [6, 6.07) is 10.4. The summed E-state index contributed by atoms with van der Waals surface area (Å²) in [5.41, 5.74) is 4.31. The largest absolute Gasteiger partial charge is 0.0990 e. The van der Waals surface area contributed by atoms with Crippen LogP contribution in [0, 0.1) is 0 Å². The van der Waals surface area contributed by atoms with Crippen molar-refractivity contribution in [1.29, 1.82) is 0 Å². The van der Waals surface area contributed by atoms with Crippen molar-refractivity contribution in [2.24, 2.45) is 0 Å². The first-order chi connectivity index (χ1) is 9.76. The fraction of sp³-hybridized carbons (Fsp3) is 0. The molecule has 0 aliphatic carbocycles. The average molecular weight is 258 g/mol. The number of rotatable bonds is 5. The minimum Gasteiger partial charge on any atom is -0.0990 e. The van der Waals surface area contributed by atoms with Crippen LogP contribution in [0.1, 0.15) is 16.7 Å². The van der Waals surface area contributed by atoms with E-state index in [9.17, 15) is 0 Å². The van der Waals surface area contributed by atoms with Gasteiger partial charge in [0.25, 0.3) is 0 Å². The summed E-state index contributed by atoms with van der Waals surface area (Å²) in [5, 5.41) is 2.36. The molecule has 2 rings (SSSR count). The number of allylic oxidation sites excluding steroid dienone is 4. The summed E-state index contributed by atoms with van der Waals surface area (Å²) in [6.45, 7) is 15.6. The Bertz CT molecular complexity index is 727. The van der Waals surface area contributed by atoms with Crippen LogP contribution in [0.25, 0.3) is 28.5 Å². The molecule has 0 heterocycles. The van der Waals surface area contributed by atoms with Gasteiger partial charge in [0.05, 0.1) is 0 Å². The standard InChI is InChI=1S/C20H18/c1-5-11-15(6-2)20-18(8-4)16(7-3)14-17-12-9-10-13-19(17)20/h5-14H,1-4H2/b15-11+. The molecular formula is C20H18. The van der Waals surface area contributed by atoms with Crippen molar-refractivity contribution in [3.8, 4) is 0 Å². The Hall–Kier alpha value is -2.60. The van der Waals surface area contributed by atoms with Crippen molar-refractivity contribution in [3.05, 3.63) is 91.6 Å². The highest BCUT2D eigenvalue weighted by molar-refractivity contribution is 6.01. The zero-order valence-corrected chi connectivity index (χ0v) is 11.6. The fourth-order valence-electron chi connectivity index (χ4n) is 2.47. The van der Waals surface area contributed by atoms with Gasteiger partial charge in [0.1, 0.15) is 0 Å². The van der Waals surface area contributed by atoms with Crippen LogP contribution in [0.3, 0.4) is 0 Å². The van der Waals surface area contributed by atoms with Gasteiger partial charge in [-0.05, 0) is 39.1 Å². The van der Waals surface area contributed by atoms with Gasteiger partial charge in [0.2, 0.25) is 0 Å². The van der Waals surface area contributed by atoms with Crippen molar-refractivity contribution in [1.82, 2.24) is 0 Å². The van der Waals surface area contributed by atoms with Crippen molar-refractivity contribution in [3.63, 3.8) is 0 Å². The van der Waals surface area contributed by atoms with E-state index in [1.165, 1.54) is 10.8 Å². The lowest BCUT2D eigenvalue weighted by atomic mass is 9.89. The van der Waals surface area contributed by atoms with Gasteiger partial charge >= 0.3 is 0 Å². The molecule has 0 saturated heterocycles. The summed E-state index contributed by atoms with van der Waals surface area (Å²) in [7, 11) is 0. The number of hydrogen-bond donors (Lipinski definition) is 0. The van der Waals surface area contributed by atoms with Crippen LogP contribution < -0.4 is 0 Å². The molecule has 20 heavy (non-hydrogen) atoms. The highest BCUT2D eigenvalue weighted by Gasteiger charge is 2.11. The molecule has 0 aliphatic heterocycles. The summed E-state index contributed by atoms with van der Waals surface area (Å²) in [5.74, 6) is 0. The minimum absolute atomic E-state index is 1.04. The molecule has 0 aromatic heterocycles. The average Bonchev–Trinajstić information content (AvgIpc) is 2.50. The van der Waals surface area contributed by atoms with Gasteiger partial charge in [-0.25, -0.2) is 0 Å². The molecular weight excluding hydrogens is 240 g/mol. The molecule has 0 saturated carbocycles. The Morgan fingerprint density at radius 2 is 1.70 bits per heavy atom. The second-order valence-corrected chi connectivity index (χ2v) is 4.45. The fourth-order valence-corrected chi connectivity index (χ4v) is 2.47. The first-order valence-electron chi connectivity index (χ1n) is 6.53. The molecule has 0 amide bonds. The number of benzene rings is 2. The molecule has 0 unspecified atom stereocenters. The monoisotopic (exact) mass is 258 g/mol. The molecule has 2 aromatic rings. The van der Waals surface area contributed by atoms with Crippen molar-refractivity contribution >= 4 is 28.5 Å². The van der Waals surface area contributed by atoms with E-state index in [1.54, 1.807) is 6.08 Å². The maximum atomic E-state index is 3.95. The van der Waals surface area contributed by atoms with E-state index < -0.39 is 0 Å². The second-order valence-electron chi connectivity index (χ2n) is 4.45. The quantitative estimate of drug-likeness (QED) is 0.587. The normalized spacial score (nSPS) is 11.1. The van der Waals surface area contributed by atoms with Gasteiger partial charge in [-0.1, -0.05) is 81.0 Å². The van der Waals surface area contributed by atoms with Crippen LogP contribution in [0.4, 0.5) is 0 Å².